The van der Waals surface area contributed by atoms with Gasteiger partial charge >= 0.3 is 0 Å². The Morgan fingerprint density at radius 2 is 2.00 bits per heavy atom. The summed E-state index contributed by atoms with van der Waals surface area (Å²) in [6.45, 7) is 5.26. The number of hydrogen-bond acceptors (Lipinski definition) is 2. The highest BCUT2D eigenvalue weighted by Crippen LogP contribution is 2.30. The van der Waals surface area contributed by atoms with E-state index in [0.29, 0.717) is 6.04 Å². The lowest BCUT2D eigenvalue weighted by molar-refractivity contribution is 0.199. The van der Waals surface area contributed by atoms with Gasteiger partial charge < -0.3 is 10.0 Å². The van der Waals surface area contributed by atoms with Gasteiger partial charge in [-0.25, -0.2) is 0 Å². The van der Waals surface area contributed by atoms with Crippen molar-refractivity contribution in [3.63, 3.8) is 0 Å². The fourth-order valence-corrected chi connectivity index (χ4v) is 2.74. The minimum absolute atomic E-state index is 0.387. The third kappa shape index (κ3) is 2.81. The molecule has 2 unspecified atom stereocenters. The zero-order valence-electron chi connectivity index (χ0n) is 10.9. The van der Waals surface area contributed by atoms with E-state index in [4.69, 9.17) is 0 Å². The highest BCUT2D eigenvalue weighted by molar-refractivity contribution is 5.55. The molecule has 0 spiro atoms. The van der Waals surface area contributed by atoms with Crippen LogP contribution in [-0.4, -0.2) is 17.7 Å². The molecule has 1 aliphatic rings. The van der Waals surface area contributed by atoms with Crippen LogP contribution in [0.5, 0.6) is 0 Å². The van der Waals surface area contributed by atoms with Gasteiger partial charge in [0.1, 0.15) is 0 Å². The van der Waals surface area contributed by atoms with Crippen LogP contribution in [0.3, 0.4) is 0 Å². The number of benzene rings is 1. The lowest BCUT2D eigenvalue weighted by Crippen LogP contribution is -2.33. The van der Waals surface area contributed by atoms with Crippen molar-refractivity contribution in [2.45, 2.75) is 51.7 Å². The molecule has 1 fully saturated rings. The molecule has 0 saturated carbocycles. The molecule has 1 N–H and O–H groups in total. The molecular formula is C15H23NO. The number of aliphatic hydroxyl groups excluding tert-OH is 1. The quantitative estimate of drug-likeness (QED) is 0.845. The molecule has 2 rings (SSSR count). The number of hydrogen-bond donors (Lipinski definition) is 1. The molecule has 0 amide bonds. The predicted molar refractivity (Wildman–Crippen MR) is 72.4 cm³/mol. The van der Waals surface area contributed by atoms with Gasteiger partial charge in [0.2, 0.25) is 0 Å². The third-order valence-corrected chi connectivity index (χ3v) is 3.75. The van der Waals surface area contributed by atoms with Crippen molar-refractivity contribution in [3.05, 3.63) is 29.8 Å². The van der Waals surface area contributed by atoms with Gasteiger partial charge in [-0.05, 0) is 32.8 Å². The van der Waals surface area contributed by atoms with E-state index in [1.54, 1.807) is 0 Å². The van der Waals surface area contributed by atoms with Crippen LogP contribution in [0, 0.1) is 0 Å². The summed E-state index contributed by atoms with van der Waals surface area (Å²) in [5.74, 6) is 0. The molecular weight excluding hydrogens is 210 g/mol. The first-order valence-corrected chi connectivity index (χ1v) is 6.74. The molecule has 1 aromatic carbocycles. The topological polar surface area (TPSA) is 23.5 Å². The van der Waals surface area contributed by atoms with E-state index in [2.05, 4.69) is 24.0 Å². The summed E-state index contributed by atoms with van der Waals surface area (Å²) in [6.07, 6.45) is 4.79. The van der Waals surface area contributed by atoms with Gasteiger partial charge in [0.05, 0.1) is 6.10 Å². The van der Waals surface area contributed by atoms with Gasteiger partial charge in [-0.2, -0.15) is 0 Å². The first-order chi connectivity index (χ1) is 8.20. The van der Waals surface area contributed by atoms with Crippen LogP contribution in [0.4, 0.5) is 5.69 Å². The van der Waals surface area contributed by atoms with Crippen LogP contribution >= 0.6 is 0 Å². The van der Waals surface area contributed by atoms with Gasteiger partial charge in [-0.15, -0.1) is 0 Å². The number of anilines is 1. The normalized spacial score (nSPS) is 23.2. The summed E-state index contributed by atoms with van der Waals surface area (Å²) < 4.78 is 0. The Labute approximate surface area is 104 Å². The van der Waals surface area contributed by atoms with Crippen molar-refractivity contribution in [2.75, 3.05) is 11.4 Å². The van der Waals surface area contributed by atoms with Crippen molar-refractivity contribution in [1.82, 2.24) is 0 Å². The van der Waals surface area contributed by atoms with Crippen molar-refractivity contribution in [2.24, 2.45) is 0 Å². The molecule has 0 bridgehead atoms. The summed E-state index contributed by atoms with van der Waals surface area (Å²) in [4.78, 5) is 2.47. The van der Waals surface area contributed by atoms with Gasteiger partial charge in [-0.3, -0.25) is 0 Å². The first-order valence-electron chi connectivity index (χ1n) is 6.74. The second-order valence-electron chi connectivity index (χ2n) is 5.13. The summed E-state index contributed by atoms with van der Waals surface area (Å²) in [7, 11) is 0. The van der Waals surface area contributed by atoms with E-state index in [0.717, 1.165) is 12.1 Å². The molecule has 1 heterocycles. The van der Waals surface area contributed by atoms with Gasteiger partial charge in [0.25, 0.3) is 0 Å². The van der Waals surface area contributed by atoms with E-state index in [9.17, 15) is 5.11 Å². The minimum atomic E-state index is -0.387. The Morgan fingerprint density at radius 3 is 2.76 bits per heavy atom. The third-order valence-electron chi connectivity index (χ3n) is 3.75. The SMILES string of the molecule is CC(O)c1ccccc1N1CCCCCC1C. The number of nitrogens with zero attached hydrogens (tertiary/aromatic N) is 1. The Balaban J connectivity index is 2.30. The molecule has 2 heteroatoms. The van der Waals surface area contributed by atoms with E-state index in [-0.39, 0.29) is 6.10 Å². The van der Waals surface area contributed by atoms with E-state index < -0.39 is 0 Å². The van der Waals surface area contributed by atoms with Crippen molar-refractivity contribution >= 4 is 5.69 Å². The highest BCUT2D eigenvalue weighted by Gasteiger charge is 2.20. The fourth-order valence-electron chi connectivity index (χ4n) is 2.74. The van der Waals surface area contributed by atoms with Crippen molar-refractivity contribution in [3.8, 4) is 0 Å². The molecule has 2 nitrogen and oxygen atoms in total. The molecule has 1 aromatic rings. The predicted octanol–water partition coefficient (Wildman–Crippen LogP) is 3.51. The molecule has 17 heavy (non-hydrogen) atoms. The lowest BCUT2D eigenvalue weighted by atomic mass is 10.1. The average Bonchev–Trinajstić information content (AvgIpc) is 2.54. The van der Waals surface area contributed by atoms with E-state index in [1.807, 2.05) is 19.1 Å². The fraction of sp³-hybridized carbons (Fsp3) is 0.600. The van der Waals surface area contributed by atoms with Gasteiger partial charge in [0, 0.05) is 23.8 Å². The van der Waals surface area contributed by atoms with Crippen LogP contribution in [0.15, 0.2) is 24.3 Å². The molecule has 0 radical (unpaired) electrons. The van der Waals surface area contributed by atoms with E-state index >= 15 is 0 Å². The maximum atomic E-state index is 9.87. The lowest BCUT2D eigenvalue weighted by Gasteiger charge is -2.32. The van der Waals surface area contributed by atoms with Crippen LogP contribution in [-0.2, 0) is 0 Å². The van der Waals surface area contributed by atoms with Crippen LogP contribution in [0.1, 0.15) is 51.2 Å². The summed E-state index contributed by atoms with van der Waals surface area (Å²) in [6, 6.07) is 8.84. The standard InChI is InChI=1S/C15H23NO/c1-12-8-4-3-7-11-16(12)15-10-6-5-9-14(15)13(2)17/h5-6,9-10,12-13,17H,3-4,7-8,11H2,1-2H3. The monoisotopic (exact) mass is 233 g/mol. The highest BCUT2D eigenvalue weighted by atomic mass is 16.3. The second-order valence-corrected chi connectivity index (χ2v) is 5.13. The Morgan fingerprint density at radius 1 is 1.24 bits per heavy atom. The molecule has 0 aromatic heterocycles. The molecule has 2 atom stereocenters. The van der Waals surface area contributed by atoms with Crippen molar-refractivity contribution in [1.29, 1.82) is 0 Å². The summed E-state index contributed by atoms with van der Waals surface area (Å²) >= 11 is 0. The van der Waals surface area contributed by atoms with Crippen LogP contribution in [0.2, 0.25) is 0 Å². The maximum Gasteiger partial charge on any atom is 0.0781 e. The number of aliphatic hydroxyl groups is 1. The van der Waals surface area contributed by atoms with Gasteiger partial charge in [0.15, 0.2) is 0 Å². The zero-order valence-corrected chi connectivity index (χ0v) is 10.9. The van der Waals surface area contributed by atoms with Gasteiger partial charge in [-0.1, -0.05) is 31.0 Å². The Kier molecular flexibility index (Phi) is 4.06. The minimum Gasteiger partial charge on any atom is -0.389 e. The average molecular weight is 233 g/mol. The molecule has 94 valence electrons. The Bertz CT molecular complexity index is 362. The summed E-state index contributed by atoms with van der Waals surface area (Å²) in [5, 5.41) is 9.87. The Hall–Kier alpha value is -1.02. The molecule has 1 aliphatic heterocycles. The summed E-state index contributed by atoms with van der Waals surface area (Å²) in [5.41, 5.74) is 2.28. The molecule has 0 aliphatic carbocycles. The van der Waals surface area contributed by atoms with Crippen LogP contribution in [0.25, 0.3) is 0 Å². The first kappa shape index (κ1) is 12.4. The zero-order chi connectivity index (χ0) is 12.3. The van der Waals surface area contributed by atoms with Crippen molar-refractivity contribution < 1.29 is 5.11 Å². The largest absolute Gasteiger partial charge is 0.389 e. The van der Waals surface area contributed by atoms with E-state index in [1.165, 1.54) is 31.4 Å². The maximum absolute atomic E-state index is 9.87. The molecule has 1 saturated heterocycles. The number of rotatable bonds is 2. The van der Waals surface area contributed by atoms with Crippen LogP contribution < -0.4 is 4.90 Å². The number of para-hydroxylation sites is 1. The second kappa shape index (κ2) is 5.54. The smallest absolute Gasteiger partial charge is 0.0781 e.